The van der Waals surface area contributed by atoms with Gasteiger partial charge < -0.3 is 10.3 Å². The van der Waals surface area contributed by atoms with E-state index in [9.17, 15) is 22.8 Å². The summed E-state index contributed by atoms with van der Waals surface area (Å²) in [5, 5.41) is 2.63. The van der Waals surface area contributed by atoms with E-state index < -0.39 is 21.3 Å². The molecule has 0 aliphatic carbocycles. The lowest BCUT2D eigenvalue weighted by atomic mass is 10.1. The Morgan fingerprint density at radius 1 is 1.16 bits per heavy atom. The van der Waals surface area contributed by atoms with Crippen molar-refractivity contribution in [2.45, 2.75) is 19.8 Å². The van der Waals surface area contributed by atoms with Crippen LogP contribution in [0, 0.1) is 6.92 Å². The van der Waals surface area contributed by atoms with Crippen molar-refractivity contribution in [2.24, 2.45) is 0 Å². The molecule has 25 heavy (non-hydrogen) atoms. The number of nitrogens with one attached hydrogen (secondary N) is 4. The lowest BCUT2D eigenvalue weighted by Gasteiger charge is -2.09. The Morgan fingerprint density at radius 2 is 1.84 bits per heavy atom. The minimum Gasteiger partial charge on any atom is -0.326 e. The van der Waals surface area contributed by atoms with Gasteiger partial charge in [-0.05, 0) is 31.5 Å². The summed E-state index contributed by atoms with van der Waals surface area (Å²) in [6.45, 7) is 1.59. The summed E-state index contributed by atoms with van der Waals surface area (Å²) in [5.74, 6) is -0.346. The largest absolute Gasteiger partial charge is 0.326 e. The Balaban J connectivity index is 2.03. The molecule has 0 aliphatic heterocycles. The lowest BCUT2D eigenvalue weighted by molar-refractivity contribution is -0.116. The van der Waals surface area contributed by atoms with Crippen LogP contribution in [0.3, 0.4) is 0 Å². The summed E-state index contributed by atoms with van der Waals surface area (Å²) in [5.41, 5.74) is 0.390. The highest BCUT2D eigenvalue weighted by Crippen LogP contribution is 2.16. The van der Waals surface area contributed by atoms with Crippen molar-refractivity contribution in [3.05, 3.63) is 56.4 Å². The first kappa shape index (κ1) is 18.5. The van der Waals surface area contributed by atoms with Crippen molar-refractivity contribution in [3.8, 4) is 0 Å². The van der Waals surface area contributed by atoms with Gasteiger partial charge in [0.15, 0.2) is 0 Å². The number of anilines is 2. The molecule has 0 saturated heterocycles. The zero-order chi connectivity index (χ0) is 18.6. The van der Waals surface area contributed by atoms with Gasteiger partial charge in [0.1, 0.15) is 0 Å². The van der Waals surface area contributed by atoms with E-state index in [0.29, 0.717) is 22.6 Å². The Labute approximate surface area is 143 Å². The Hall–Kier alpha value is -2.88. The van der Waals surface area contributed by atoms with Gasteiger partial charge in [-0.15, -0.1) is 0 Å². The van der Waals surface area contributed by atoms with Crippen LogP contribution < -0.4 is 21.3 Å². The summed E-state index contributed by atoms with van der Waals surface area (Å²) in [4.78, 5) is 39.5. The minimum absolute atomic E-state index is 0.0275. The molecule has 0 aliphatic rings. The third-order valence-corrected chi connectivity index (χ3v) is 3.91. The number of aromatic nitrogens is 2. The minimum atomic E-state index is -3.41. The van der Waals surface area contributed by atoms with Crippen molar-refractivity contribution in [2.75, 3.05) is 16.3 Å². The molecule has 1 aromatic carbocycles. The molecular weight excluding hydrogens is 348 g/mol. The predicted octanol–water partition coefficient (Wildman–Crippen LogP) is 0.314. The van der Waals surface area contributed by atoms with Crippen LogP contribution in [0.4, 0.5) is 11.4 Å². The normalized spacial score (nSPS) is 11.1. The molecule has 0 radical (unpaired) electrons. The molecule has 0 fully saturated rings. The summed E-state index contributed by atoms with van der Waals surface area (Å²) in [6, 6.07) is 6.25. The number of hydrogen-bond donors (Lipinski definition) is 4. The molecule has 2 rings (SSSR count). The standard InChI is InChI=1S/C15H18N4O5S/c1-9-12(14(21)18-15(22)16-9)6-7-13(20)17-10-4-3-5-11(8-10)19-25(2,23)24/h3-5,8,19H,6-7H2,1-2H3,(H,17,20)(H2,16,18,21,22). The summed E-state index contributed by atoms with van der Waals surface area (Å²) in [6.07, 6.45) is 1.22. The van der Waals surface area contributed by atoms with Gasteiger partial charge in [-0.3, -0.25) is 19.3 Å². The number of amides is 1. The van der Waals surface area contributed by atoms with Gasteiger partial charge in [0.2, 0.25) is 15.9 Å². The first-order valence-electron chi connectivity index (χ1n) is 7.34. The Morgan fingerprint density at radius 3 is 2.48 bits per heavy atom. The number of sulfonamides is 1. The van der Waals surface area contributed by atoms with Crippen molar-refractivity contribution in [1.29, 1.82) is 0 Å². The maximum absolute atomic E-state index is 12.0. The van der Waals surface area contributed by atoms with Gasteiger partial charge in [0.25, 0.3) is 5.56 Å². The van der Waals surface area contributed by atoms with E-state index in [4.69, 9.17) is 0 Å². The fraction of sp³-hybridized carbons (Fsp3) is 0.267. The highest BCUT2D eigenvalue weighted by atomic mass is 32.2. The highest BCUT2D eigenvalue weighted by molar-refractivity contribution is 7.92. The average molecular weight is 366 g/mol. The van der Waals surface area contributed by atoms with E-state index in [1.165, 1.54) is 6.07 Å². The summed E-state index contributed by atoms with van der Waals surface area (Å²) in [7, 11) is -3.41. The van der Waals surface area contributed by atoms with Crippen LogP contribution >= 0.6 is 0 Å². The van der Waals surface area contributed by atoms with Crippen LogP contribution in [0.1, 0.15) is 17.7 Å². The molecule has 1 heterocycles. The van der Waals surface area contributed by atoms with Crippen LogP contribution in [-0.4, -0.2) is 30.5 Å². The molecule has 0 unspecified atom stereocenters. The van der Waals surface area contributed by atoms with Crippen molar-refractivity contribution in [3.63, 3.8) is 0 Å². The van der Waals surface area contributed by atoms with Gasteiger partial charge in [-0.2, -0.15) is 0 Å². The van der Waals surface area contributed by atoms with Crippen LogP contribution in [-0.2, 0) is 21.2 Å². The smallest absolute Gasteiger partial charge is 0.325 e. The molecule has 4 N–H and O–H groups in total. The number of carbonyl (C=O) groups excluding carboxylic acids is 1. The maximum atomic E-state index is 12.0. The maximum Gasteiger partial charge on any atom is 0.325 e. The average Bonchev–Trinajstić information content (AvgIpc) is 2.44. The lowest BCUT2D eigenvalue weighted by Crippen LogP contribution is -2.27. The van der Waals surface area contributed by atoms with Gasteiger partial charge in [-0.1, -0.05) is 6.07 Å². The van der Waals surface area contributed by atoms with Gasteiger partial charge in [-0.25, -0.2) is 13.2 Å². The van der Waals surface area contributed by atoms with E-state index >= 15 is 0 Å². The zero-order valence-corrected chi connectivity index (χ0v) is 14.5. The molecule has 9 nitrogen and oxygen atoms in total. The number of benzene rings is 1. The molecule has 2 aromatic rings. The molecular formula is C15H18N4O5S. The van der Waals surface area contributed by atoms with Crippen LogP contribution in [0.5, 0.6) is 0 Å². The van der Waals surface area contributed by atoms with Gasteiger partial charge in [0.05, 0.1) is 11.9 Å². The summed E-state index contributed by atoms with van der Waals surface area (Å²) >= 11 is 0. The molecule has 0 atom stereocenters. The monoisotopic (exact) mass is 366 g/mol. The number of rotatable bonds is 6. The molecule has 0 saturated carbocycles. The number of aromatic amines is 2. The third-order valence-electron chi connectivity index (χ3n) is 3.31. The van der Waals surface area contributed by atoms with Crippen molar-refractivity contribution in [1.82, 2.24) is 9.97 Å². The second kappa shape index (κ2) is 7.34. The Bertz CT molecular complexity index is 1010. The van der Waals surface area contributed by atoms with E-state index in [1.54, 1.807) is 25.1 Å². The van der Waals surface area contributed by atoms with Gasteiger partial charge >= 0.3 is 5.69 Å². The van der Waals surface area contributed by atoms with Gasteiger partial charge in [0, 0.05) is 23.4 Å². The van der Waals surface area contributed by atoms with Crippen LogP contribution in [0.15, 0.2) is 33.9 Å². The van der Waals surface area contributed by atoms with Crippen molar-refractivity contribution < 1.29 is 13.2 Å². The van der Waals surface area contributed by atoms with Crippen LogP contribution in [0.25, 0.3) is 0 Å². The number of H-pyrrole nitrogens is 2. The first-order chi connectivity index (χ1) is 11.6. The first-order valence-corrected chi connectivity index (χ1v) is 9.23. The summed E-state index contributed by atoms with van der Waals surface area (Å²) < 4.78 is 24.8. The third kappa shape index (κ3) is 5.60. The molecule has 0 spiro atoms. The van der Waals surface area contributed by atoms with Crippen LogP contribution in [0.2, 0.25) is 0 Å². The molecule has 1 aromatic heterocycles. The zero-order valence-electron chi connectivity index (χ0n) is 13.7. The second-order valence-corrected chi connectivity index (χ2v) is 7.26. The molecule has 134 valence electrons. The van der Waals surface area contributed by atoms with E-state index in [1.807, 2.05) is 0 Å². The topological polar surface area (TPSA) is 141 Å². The SMILES string of the molecule is Cc1[nH]c(=O)[nH]c(=O)c1CCC(=O)Nc1cccc(NS(C)(=O)=O)c1. The highest BCUT2D eigenvalue weighted by Gasteiger charge is 2.10. The van der Waals surface area contributed by atoms with E-state index in [-0.39, 0.29) is 18.7 Å². The number of aryl methyl sites for hydroxylation is 1. The molecule has 1 amide bonds. The van der Waals surface area contributed by atoms with E-state index in [2.05, 4.69) is 20.0 Å². The van der Waals surface area contributed by atoms with Crippen molar-refractivity contribution >= 4 is 27.3 Å². The fourth-order valence-electron chi connectivity index (χ4n) is 2.26. The second-order valence-electron chi connectivity index (χ2n) is 5.52. The molecule has 0 bridgehead atoms. The number of carbonyl (C=O) groups is 1. The Kier molecular flexibility index (Phi) is 5.42. The van der Waals surface area contributed by atoms with E-state index in [0.717, 1.165) is 6.26 Å². The quantitative estimate of drug-likeness (QED) is 0.582. The predicted molar refractivity (Wildman–Crippen MR) is 94.3 cm³/mol. The molecule has 10 heteroatoms. The fourth-order valence-corrected chi connectivity index (χ4v) is 2.82. The number of hydrogen-bond acceptors (Lipinski definition) is 5.